The predicted octanol–water partition coefficient (Wildman–Crippen LogP) is 0.666. The maximum absolute atomic E-state index is 11.8. The fraction of sp³-hybridized carbons (Fsp3) is 1.00. The van der Waals surface area contributed by atoms with Gasteiger partial charge in [-0.1, -0.05) is 0 Å². The quantitative estimate of drug-likeness (QED) is 0.680. The van der Waals surface area contributed by atoms with E-state index in [9.17, 15) is 8.42 Å². The fourth-order valence-corrected chi connectivity index (χ4v) is 3.48. The average Bonchev–Trinajstić information content (AvgIpc) is 2.15. The van der Waals surface area contributed by atoms with Crippen molar-refractivity contribution >= 4 is 21.6 Å². The van der Waals surface area contributed by atoms with Crippen molar-refractivity contribution in [3.8, 4) is 0 Å². The first-order chi connectivity index (χ1) is 6.58. The number of halogens is 1. The summed E-state index contributed by atoms with van der Waals surface area (Å²) >= 11 is 5.48. The van der Waals surface area contributed by atoms with Gasteiger partial charge in [-0.05, 0) is 13.3 Å². The fourth-order valence-electron chi connectivity index (χ4n) is 1.48. The number of hydrogen-bond acceptors (Lipinski definition) is 3. The highest BCUT2D eigenvalue weighted by atomic mass is 35.5. The molecule has 0 aromatic heterocycles. The Labute approximate surface area is 90.2 Å². The monoisotopic (exact) mass is 241 g/mol. The zero-order valence-corrected chi connectivity index (χ0v) is 9.85. The van der Waals surface area contributed by atoms with Crippen LogP contribution in [-0.2, 0) is 14.8 Å². The molecule has 0 bridgehead atoms. The molecule has 1 aliphatic heterocycles. The molecule has 0 amide bonds. The third-order valence-electron chi connectivity index (χ3n) is 2.20. The van der Waals surface area contributed by atoms with Gasteiger partial charge in [0.15, 0.2) is 0 Å². The normalized spacial score (nSPS) is 25.1. The average molecular weight is 242 g/mol. The van der Waals surface area contributed by atoms with Crippen LogP contribution >= 0.6 is 11.6 Å². The molecule has 0 radical (unpaired) electrons. The van der Waals surface area contributed by atoms with Crippen LogP contribution in [0, 0.1) is 0 Å². The molecule has 4 nitrogen and oxygen atoms in total. The molecule has 0 unspecified atom stereocenters. The van der Waals surface area contributed by atoms with Gasteiger partial charge in [0.2, 0.25) is 10.0 Å². The smallest absolute Gasteiger partial charge is 0.214 e. The summed E-state index contributed by atoms with van der Waals surface area (Å²) in [4.78, 5) is 0. The minimum absolute atomic E-state index is 0.0518. The Bertz CT molecular complexity index is 268. The number of alkyl halides is 1. The summed E-state index contributed by atoms with van der Waals surface area (Å²) in [7, 11) is -3.13. The van der Waals surface area contributed by atoms with Gasteiger partial charge in [0.25, 0.3) is 0 Å². The van der Waals surface area contributed by atoms with Crippen LogP contribution in [0.15, 0.2) is 0 Å². The van der Waals surface area contributed by atoms with Gasteiger partial charge in [-0.15, -0.1) is 11.6 Å². The molecule has 1 heterocycles. The van der Waals surface area contributed by atoms with E-state index in [-0.39, 0.29) is 11.8 Å². The second-order valence-corrected chi connectivity index (χ2v) is 5.81. The topological polar surface area (TPSA) is 46.6 Å². The summed E-state index contributed by atoms with van der Waals surface area (Å²) in [5.74, 6) is 0.527. The molecule has 1 saturated heterocycles. The van der Waals surface area contributed by atoms with Crippen LogP contribution in [0.4, 0.5) is 0 Å². The molecule has 1 rings (SSSR count). The summed E-state index contributed by atoms with van der Waals surface area (Å²) in [6.07, 6.45) is 0.508. The van der Waals surface area contributed by atoms with Gasteiger partial charge in [-0.25, -0.2) is 8.42 Å². The van der Waals surface area contributed by atoms with Crippen LogP contribution in [0.1, 0.15) is 13.3 Å². The Morgan fingerprint density at radius 2 is 2.29 bits per heavy atom. The van der Waals surface area contributed by atoms with Gasteiger partial charge in [-0.3, -0.25) is 0 Å². The second-order valence-electron chi connectivity index (χ2n) is 3.39. The van der Waals surface area contributed by atoms with E-state index < -0.39 is 10.0 Å². The molecule has 0 saturated carbocycles. The van der Waals surface area contributed by atoms with Crippen molar-refractivity contribution in [3.05, 3.63) is 0 Å². The Balaban J connectivity index is 2.60. The minimum atomic E-state index is -3.13. The van der Waals surface area contributed by atoms with Crippen LogP contribution in [0.5, 0.6) is 0 Å². The Hall–Kier alpha value is 0.160. The first kappa shape index (κ1) is 12.2. The molecular weight excluding hydrogens is 226 g/mol. The lowest BCUT2D eigenvalue weighted by Crippen LogP contribution is -2.47. The van der Waals surface area contributed by atoms with Crippen LogP contribution in [-0.4, -0.2) is 50.2 Å². The van der Waals surface area contributed by atoms with E-state index in [1.807, 2.05) is 6.92 Å². The van der Waals surface area contributed by atoms with Gasteiger partial charge >= 0.3 is 0 Å². The highest BCUT2D eigenvalue weighted by Crippen LogP contribution is 2.13. The van der Waals surface area contributed by atoms with Gasteiger partial charge < -0.3 is 4.74 Å². The van der Waals surface area contributed by atoms with E-state index in [0.717, 1.165) is 0 Å². The molecular formula is C8H16ClNO3S. The molecule has 84 valence electrons. The molecule has 0 aromatic carbocycles. The number of hydrogen-bond donors (Lipinski definition) is 0. The van der Waals surface area contributed by atoms with E-state index in [2.05, 4.69) is 0 Å². The number of sulfonamides is 1. The van der Waals surface area contributed by atoms with Gasteiger partial charge in [0, 0.05) is 18.5 Å². The van der Waals surface area contributed by atoms with Gasteiger partial charge in [0.05, 0.1) is 19.0 Å². The molecule has 1 atom stereocenters. The Morgan fingerprint density at radius 1 is 1.57 bits per heavy atom. The summed E-state index contributed by atoms with van der Waals surface area (Å²) in [5, 5.41) is 0. The number of morpholine rings is 1. The van der Waals surface area contributed by atoms with Crippen LogP contribution in [0.3, 0.4) is 0 Å². The van der Waals surface area contributed by atoms with Crippen molar-refractivity contribution in [1.29, 1.82) is 0 Å². The standard InChI is InChI=1S/C8H16ClNO3S/c1-8-7-13-5-4-10(8)14(11,12)6-2-3-9/h8H,2-7H2,1H3/t8-/m1/s1. The van der Waals surface area contributed by atoms with Crippen molar-refractivity contribution in [2.75, 3.05) is 31.4 Å². The van der Waals surface area contributed by atoms with E-state index in [0.29, 0.717) is 32.1 Å². The highest BCUT2D eigenvalue weighted by Gasteiger charge is 2.29. The Kier molecular flexibility index (Phi) is 4.63. The third-order valence-corrected chi connectivity index (χ3v) is 4.53. The van der Waals surface area contributed by atoms with Crippen molar-refractivity contribution < 1.29 is 13.2 Å². The zero-order valence-electron chi connectivity index (χ0n) is 8.28. The molecule has 14 heavy (non-hydrogen) atoms. The first-order valence-corrected chi connectivity index (χ1v) is 6.85. The molecule has 0 N–H and O–H groups in total. The van der Waals surface area contributed by atoms with Crippen molar-refractivity contribution in [3.63, 3.8) is 0 Å². The van der Waals surface area contributed by atoms with Crippen LogP contribution in [0.2, 0.25) is 0 Å². The minimum Gasteiger partial charge on any atom is -0.378 e. The summed E-state index contributed by atoms with van der Waals surface area (Å²) in [5.41, 5.74) is 0. The highest BCUT2D eigenvalue weighted by molar-refractivity contribution is 7.89. The molecule has 0 spiro atoms. The third kappa shape index (κ3) is 3.08. The summed E-state index contributed by atoms with van der Waals surface area (Å²) in [6.45, 7) is 3.30. The lowest BCUT2D eigenvalue weighted by Gasteiger charge is -2.32. The van der Waals surface area contributed by atoms with Gasteiger partial charge in [-0.2, -0.15) is 4.31 Å². The molecule has 6 heteroatoms. The molecule has 0 aromatic rings. The van der Waals surface area contributed by atoms with E-state index in [1.54, 1.807) is 0 Å². The molecule has 1 fully saturated rings. The van der Waals surface area contributed by atoms with Crippen molar-refractivity contribution in [2.24, 2.45) is 0 Å². The molecule has 0 aliphatic carbocycles. The molecule has 1 aliphatic rings. The zero-order chi connectivity index (χ0) is 10.6. The second kappa shape index (κ2) is 5.30. The first-order valence-electron chi connectivity index (χ1n) is 4.71. The van der Waals surface area contributed by atoms with E-state index in [1.165, 1.54) is 4.31 Å². The van der Waals surface area contributed by atoms with Crippen LogP contribution < -0.4 is 0 Å². The Morgan fingerprint density at radius 3 is 2.86 bits per heavy atom. The van der Waals surface area contributed by atoms with Gasteiger partial charge in [0.1, 0.15) is 0 Å². The number of nitrogens with zero attached hydrogens (tertiary/aromatic N) is 1. The van der Waals surface area contributed by atoms with E-state index in [4.69, 9.17) is 16.3 Å². The van der Waals surface area contributed by atoms with E-state index >= 15 is 0 Å². The predicted molar refractivity (Wildman–Crippen MR) is 56.1 cm³/mol. The summed E-state index contributed by atoms with van der Waals surface area (Å²) in [6, 6.07) is -0.0518. The lowest BCUT2D eigenvalue weighted by atomic mass is 10.3. The SMILES string of the molecule is C[C@@H]1COCCN1S(=O)(=O)CCCCl. The maximum atomic E-state index is 11.8. The van der Waals surface area contributed by atoms with Crippen molar-refractivity contribution in [1.82, 2.24) is 4.31 Å². The number of ether oxygens (including phenoxy) is 1. The lowest BCUT2D eigenvalue weighted by molar-refractivity contribution is 0.0393. The van der Waals surface area contributed by atoms with Crippen LogP contribution in [0.25, 0.3) is 0 Å². The largest absolute Gasteiger partial charge is 0.378 e. The maximum Gasteiger partial charge on any atom is 0.214 e. The summed E-state index contributed by atoms with van der Waals surface area (Å²) < 4.78 is 30.2. The van der Waals surface area contributed by atoms with Crippen molar-refractivity contribution in [2.45, 2.75) is 19.4 Å². The number of rotatable bonds is 4.